The number of carbonyl (C=O) groups is 11. The van der Waals surface area contributed by atoms with Gasteiger partial charge in [0.1, 0.15) is 23.5 Å². The van der Waals surface area contributed by atoms with E-state index < -0.39 is 71.3 Å². The fourth-order valence-corrected chi connectivity index (χ4v) is 10.6. The molecular weight excluding hydrogens is 1030 g/mol. The van der Waals surface area contributed by atoms with E-state index in [0.717, 1.165) is 0 Å². The van der Waals surface area contributed by atoms with Gasteiger partial charge in [-0.3, -0.25) is 62.5 Å². The van der Waals surface area contributed by atoms with Crippen molar-refractivity contribution >= 4 is 64.9 Å². The second-order valence-corrected chi connectivity index (χ2v) is 22.6. The molecule has 5 saturated heterocycles. The van der Waals surface area contributed by atoms with Crippen molar-refractivity contribution in [2.24, 2.45) is 11.3 Å². The van der Waals surface area contributed by atoms with Crippen molar-refractivity contribution in [2.75, 3.05) is 86.0 Å². The highest BCUT2D eigenvalue weighted by atomic mass is 16.7. The topological polar surface area (TPSA) is 330 Å². The molecule has 5 aliphatic heterocycles. The number of carboxylic acids is 1. The van der Waals surface area contributed by atoms with Crippen LogP contribution in [0.15, 0.2) is 0 Å². The standard InChI is InChI=1S/C54H85N7O18/c1-52(2,3)51(73)59-54(34-76-25-19-45(67)58-22-11-8-14-40-41(64)27-35-26-36(62)30-61(35)40,33-75-24-18-44(66)57-21-10-7-13-39(55-5)50(72)79-48-16-15-47(70)78-48)32-74-23-17-43(65)56-20-9-6-12-38-49(71)77-42-28-37(63)29-60(31-46(68)69)53(38,42)4/h35,38-40,42,48,55H,6-34H2,1-5H3,(H,56,65)(H,57,66)(H,58,67)(H,59,73)(H,68,69)/t35-,38?,39?,40?,42-,48-,53+,54?/m1/s1. The zero-order valence-corrected chi connectivity index (χ0v) is 46.8. The fraction of sp³-hybridized carbons (Fsp3) is 0.796. The van der Waals surface area contributed by atoms with Gasteiger partial charge in [-0.05, 0) is 65.3 Å². The second-order valence-electron chi connectivity index (χ2n) is 22.6. The van der Waals surface area contributed by atoms with Crippen LogP contribution in [0.5, 0.6) is 0 Å². The van der Waals surface area contributed by atoms with Gasteiger partial charge >= 0.3 is 23.9 Å². The fourth-order valence-electron chi connectivity index (χ4n) is 10.6. The first-order valence-electron chi connectivity index (χ1n) is 28.0. The highest BCUT2D eigenvalue weighted by molar-refractivity contribution is 5.92. The lowest BCUT2D eigenvalue weighted by Gasteiger charge is -2.45. The molecule has 5 rings (SSSR count). The number of carboxylic acid groups (broad SMARTS) is 1. The van der Waals surface area contributed by atoms with Gasteiger partial charge in [-0.15, -0.1) is 0 Å². The lowest BCUT2D eigenvalue weighted by Crippen LogP contribution is -2.62. The molecule has 0 radical (unpaired) electrons. The molecule has 6 N–H and O–H groups in total. The van der Waals surface area contributed by atoms with Crippen molar-refractivity contribution in [3.63, 3.8) is 0 Å². The van der Waals surface area contributed by atoms with Gasteiger partial charge < -0.3 is 60.1 Å². The quantitative estimate of drug-likeness (QED) is 0.0365. The molecule has 8 atom stereocenters. The summed E-state index contributed by atoms with van der Waals surface area (Å²) in [4.78, 5) is 141. The molecule has 79 heavy (non-hydrogen) atoms. The van der Waals surface area contributed by atoms with E-state index in [-0.39, 0.29) is 138 Å². The average Bonchev–Trinajstić information content (AvgIpc) is 4.32. The Bertz CT molecular complexity index is 2170. The summed E-state index contributed by atoms with van der Waals surface area (Å²) in [5.74, 6) is -4.27. The third kappa shape index (κ3) is 19.9. The number of aliphatic carboxylic acids is 1. The molecule has 444 valence electrons. The second kappa shape index (κ2) is 30.9. The van der Waals surface area contributed by atoms with Crippen LogP contribution in [0.25, 0.3) is 0 Å². The zero-order chi connectivity index (χ0) is 57.8. The zero-order valence-electron chi connectivity index (χ0n) is 46.8. The number of cyclic esters (lactones) is 1. The molecule has 0 saturated carbocycles. The molecular formula is C54H85N7O18. The largest absolute Gasteiger partial charge is 0.480 e. The van der Waals surface area contributed by atoms with E-state index in [0.29, 0.717) is 96.7 Å². The van der Waals surface area contributed by atoms with Crippen LogP contribution in [0.4, 0.5) is 0 Å². The van der Waals surface area contributed by atoms with Gasteiger partial charge in [0, 0.05) is 76.0 Å². The maximum atomic E-state index is 13.6. The molecule has 4 amide bonds. The van der Waals surface area contributed by atoms with Crippen molar-refractivity contribution in [1.82, 2.24) is 36.4 Å². The summed E-state index contributed by atoms with van der Waals surface area (Å²) in [6.07, 6.45) is 4.61. The van der Waals surface area contributed by atoms with Crippen molar-refractivity contribution in [3.05, 3.63) is 0 Å². The number of likely N-dealkylation sites (tertiary alicyclic amines) is 1. The number of fused-ring (bicyclic) bond motifs is 2. The normalized spacial score (nSPS) is 24.3. The Morgan fingerprint density at radius 3 is 1.82 bits per heavy atom. The van der Waals surface area contributed by atoms with Gasteiger partial charge in [0.15, 0.2) is 11.6 Å². The SMILES string of the molecule is CNC(CCCCNC(=O)CCOCC(COCCC(=O)NCCCCC1C(=O)C[C@H]2CC(=O)CN12)(COCCC(=O)NCCCCC1C(=O)O[C@@H]2CC(=O)CN(CC(=O)O)[C@@]12C)NC(=O)C(C)(C)C)C(=O)O[C@@H]1CCC(=O)O1. The summed E-state index contributed by atoms with van der Waals surface area (Å²) in [6, 6.07) is -0.854. The first-order chi connectivity index (χ1) is 37.5. The van der Waals surface area contributed by atoms with Crippen LogP contribution in [0.1, 0.15) is 137 Å². The van der Waals surface area contributed by atoms with E-state index >= 15 is 0 Å². The van der Waals surface area contributed by atoms with Gasteiger partial charge in [-0.1, -0.05) is 27.2 Å². The smallest absolute Gasteiger partial charge is 0.326 e. The highest BCUT2D eigenvalue weighted by Crippen LogP contribution is 2.44. The van der Waals surface area contributed by atoms with E-state index in [4.69, 9.17) is 28.4 Å². The maximum Gasteiger partial charge on any atom is 0.326 e. The number of unbranched alkanes of at least 4 members (excludes halogenated alkanes) is 3. The lowest BCUT2D eigenvalue weighted by molar-refractivity contribution is -0.178. The lowest BCUT2D eigenvalue weighted by atomic mass is 9.75. The number of carbonyl (C=O) groups excluding carboxylic acids is 10. The van der Waals surface area contributed by atoms with Gasteiger partial charge in [-0.2, -0.15) is 0 Å². The van der Waals surface area contributed by atoms with Crippen molar-refractivity contribution in [3.8, 4) is 0 Å². The minimum Gasteiger partial charge on any atom is -0.480 e. The molecule has 25 heteroatoms. The number of hydrogen-bond acceptors (Lipinski definition) is 20. The van der Waals surface area contributed by atoms with Crippen molar-refractivity contribution in [2.45, 2.75) is 178 Å². The molecule has 0 aromatic carbocycles. The third-order valence-electron chi connectivity index (χ3n) is 15.2. The Balaban J connectivity index is 1.08. The Kier molecular flexibility index (Phi) is 25.2. The molecule has 0 bridgehead atoms. The van der Waals surface area contributed by atoms with E-state index in [9.17, 15) is 57.8 Å². The number of Topliss-reactive ketones (excluding diaryl/α,β-unsaturated/α-hetero) is 3. The number of esters is 3. The van der Waals surface area contributed by atoms with Gasteiger partial charge in [-0.25, -0.2) is 0 Å². The number of nitrogens with one attached hydrogen (secondary N) is 5. The van der Waals surface area contributed by atoms with Crippen LogP contribution in [-0.2, 0) is 81.2 Å². The summed E-state index contributed by atoms with van der Waals surface area (Å²) in [6.45, 7) is 7.14. The highest BCUT2D eigenvalue weighted by Gasteiger charge is 2.60. The minimum atomic E-state index is -1.34. The maximum absolute atomic E-state index is 13.6. The first-order valence-corrected chi connectivity index (χ1v) is 28.0. The van der Waals surface area contributed by atoms with E-state index in [1.165, 1.54) is 4.90 Å². The molecule has 0 aliphatic carbocycles. The van der Waals surface area contributed by atoms with Crippen LogP contribution < -0.4 is 26.6 Å². The first kappa shape index (κ1) is 64.4. The van der Waals surface area contributed by atoms with E-state index in [2.05, 4.69) is 26.6 Å². The molecule has 0 aromatic heterocycles. The summed E-state index contributed by atoms with van der Waals surface area (Å²) in [5.41, 5.74) is -3.16. The van der Waals surface area contributed by atoms with Crippen LogP contribution in [0.3, 0.4) is 0 Å². The molecule has 5 fully saturated rings. The van der Waals surface area contributed by atoms with Gasteiger partial charge in [0.25, 0.3) is 0 Å². The predicted octanol–water partition coefficient (Wildman–Crippen LogP) is 0.406. The summed E-state index contributed by atoms with van der Waals surface area (Å²) >= 11 is 0. The number of piperidine rings is 1. The van der Waals surface area contributed by atoms with Crippen LogP contribution in [0, 0.1) is 11.3 Å². The monoisotopic (exact) mass is 1120 g/mol. The van der Waals surface area contributed by atoms with Gasteiger partial charge in [0.2, 0.25) is 29.9 Å². The number of nitrogens with zero attached hydrogens (tertiary/aromatic N) is 2. The molecule has 5 heterocycles. The van der Waals surface area contributed by atoms with E-state index in [1.807, 2.05) is 4.90 Å². The molecule has 0 aromatic rings. The number of rotatable bonds is 36. The van der Waals surface area contributed by atoms with Crippen LogP contribution >= 0.6 is 0 Å². The number of likely N-dealkylation sites (N-methyl/N-ethyl adjacent to an activating group) is 1. The average molecular weight is 1120 g/mol. The number of amides is 4. The van der Waals surface area contributed by atoms with Crippen LogP contribution in [-0.4, -0.2) is 207 Å². The minimum absolute atomic E-state index is 0.00389. The summed E-state index contributed by atoms with van der Waals surface area (Å²) in [5, 5.41) is 24.0. The van der Waals surface area contributed by atoms with Crippen molar-refractivity contribution < 1.29 is 86.3 Å². The Morgan fingerprint density at radius 1 is 0.734 bits per heavy atom. The molecule has 5 aliphatic rings. The number of ether oxygens (including phenoxy) is 6. The Labute approximate surface area is 462 Å². The molecule has 4 unspecified atom stereocenters. The summed E-state index contributed by atoms with van der Waals surface area (Å²) < 4.78 is 33.9. The molecule has 25 nitrogen and oxygen atoms in total. The predicted molar refractivity (Wildman–Crippen MR) is 279 cm³/mol. The summed E-state index contributed by atoms with van der Waals surface area (Å²) in [7, 11) is 1.63. The van der Waals surface area contributed by atoms with Crippen LogP contribution in [0.2, 0.25) is 0 Å². The third-order valence-corrected chi connectivity index (χ3v) is 15.2. The van der Waals surface area contributed by atoms with Gasteiger partial charge in [0.05, 0.1) is 83.2 Å². The Hall–Kier alpha value is -5.47. The van der Waals surface area contributed by atoms with E-state index in [1.54, 1.807) is 34.7 Å². The number of ketones is 3. The van der Waals surface area contributed by atoms with Crippen molar-refractivity contribution in [1.29, 1.82) is 0 Å². The molecule has 0 spiro atoms. The number of hydrogen-bond donors (Lipinski definition) is 6. The Morgan fingerprint density at radius 2 is 1.29 bits per heavy atom.